The van der Waals surface area contributed by atoms with E-state index in [0.29, 0.717) is 6.54 Å². The van der Waals surface area contributed by atoms with Gasteiger partial charge in [0.15, 0.2) is 0 Å². The molecule has 0 aliphatic heterocycles. The minimum atomic E-state index is -0.353. The molecule has 0 saturated carbocycles. The van der Waals surface area contributed by atoms with Gasteiger partial charge in [-0.05, 0) is 6.92 Å². The van der Waals surface area contributed by atoms with Crippen LogP contribution in [0, 0.1) is 0 Å². The van der Waals surface area contributed by atoms with Gasteiger partial charge in [0, 0.05) is 25.4 Å². The third kappa shape index (κ3) is 7.01. The summed E-state index contributed by atoms with van der Waals surface area (Å²) in [6.45, 7) is 2.32. The van der Waals surface area contributed by atoms with Gasteiger partial charge in [0.2, 0.25) is 11.8 Å². The van der Waals surface area contributed by atoms with Gasteiger partial charge in [-0.15, -0.1) is 0 Å². The van der Waals surface area contributed by atoms with Crippen LogP contribution in [-0.4, -0.2) is 24.4 Å². The van der Waals surface area contributed by atoms with Gasteiger partial charge in [0.1, 0.15) is 0 Å². The van der Waals surface area contributed by atoms with Crippen LogP contribution in [0.15, 0.2) is 0 Å². The first kappa shape index (κ1) is 10.9. The minimum absolute atomic E-state index is 0.00171. The van der Waals surface area contributed by atoms with Gasteiger partial charge in [-0.3, -0.25) is 9.59 Å². The van der Waals surface area contributed by atoms with Gasteiger partial charge in [-0.2, -0.15) is 0 Å². The Morgan fingerprint density at radius 1 is 1.33 bits per heavy atom. The number of carbonyl (C=O) groups is 2. The summed E-state index contributed by atoms with van der Waals surface area (Å²) in [6.07, 6.45) is 0.557. The van der Waals surface area contributed by atoms with E-state index in [1.54, 1.807) is 0 Å². The molecule has 0 saturated heterocycles. The third-order valence-corrected chi connectivity index (χ3v) is 1.37. The molecule has 5 nitrogen and oxygen atoms in total. The minimum Gasteiger partial charge on any atom is -0.370 e. The van der Waals surface area contributed by atoms with Crippen LogP contribution in [0.3, 0.4) is 0 Å². The molecule has 0 rings (SSSR count). The summed E-state index contributed by atoms with van der Waals surface area (Å²) < 4.78 is 0. The molecule has 0 aromatic heterocycles. The molecule has 0 aliphatic rings. The molecule has 1 atom stereocenters. The average molecular weight is 173 g/mol. The molecule has 0 bridgehead atoms. The lowest BCUT2D eigenvalue weighted by Gasteiger charge is -2.09. The van der Waals surface area contributed by atoms with Crippen molar-refractivity contribution in [2.24, 2.45) is 11.5 Å². The Bertz CT molecular complexity index is 170. The first-order valence-electron chi connectivity index (χ1n) is 3.82. The van der Waals surface area contributed by atoms with E-state index in [9.17, 15) is 9.59 Å². The number of amides is 2. The highest BCUT2D eigenvalue weighted by molar-refractivity contribution is 5.74. The van der Waals surface area contributed by atoms with E-state index in [0.717, 1.165) is 0 Å². The fraction of sp³-hybridized carbons (Fsp3) is 0.714. The van der Waals surface area contributed by atoms with Gasteiger partial charge in [-0.25, -0.2) is 0 Å². The highest BCUT2D eigenvalue weighted by Crippen LogP contribution is 1.88. The van der Waals surface area contributed by atoms with Crippen LogP contribution in [-0.2, 0) is 9.59 Å². The van der Waals surface area contributed by atoms with Crippen LogP contribution in [0.4, 0.5) is 0 Å². The third-order valence-electron chi connectivity index (χ3n) is 1.37. The van der Waals surface area contributed by atoms with E-state index in [4.69, 9.17) is 11.5 Å². The lowest BCUT2D eigenvalue weighted by atomic mass is 10.2. The van der Waals surface area contributed by atoms with Crippen molar-refractivity contribution in [3.05, 3.63) is 0 Å². The molecule has 5 N–H and O–H groups in total. The summed E-state index contributed by atoms with van der Waals surface area (Å²) >= 11 is 0. The van der Waals surface area contributed by atoms with Crippen molar-refractivity contribution in [2.75, 3.05) is 6.54 Å². The van der Waals surface area contributed by atoms with E-state index in [1.165, 1.54) is 0 Å². The maximum atomic E-state index is 10.4. The molecular formula is C7H15N3O2. The van der Waals surface area contributed by atoms with E-state index in [2.05, 4.69) is 5.32 Å². The van der Waals surface area contributed by atoms with Gasteiger partial charge >= 0.3 is 0 Å². The molecule has 0 fully saturated rings. The Labute approximate surface area is 71.5 Å². The van der Waals surface area contributed by atoms with Crippen LogP contribution in [0.5, 0.6) is 0 Å². The number of nitrogens with one attached hydrogen (secondary N) is 1. The van der Waals surface area contributed by atoms with E-state index in [1.807, 2.05) is 6.92 Å². The first-order valence-corrected chi connectivity index (χ1v) is 3.82. The quantitative estimate of drug-likeness (QED) is 0.466. The second kappa shape index (κ2) is 5.54. The maximum Gasteiger partial charge on any atom is 0.218 e. The molecule has 0 heterocycles. The van der Waals surface area contributed by atoms with Gasteiger partial charge in [0.05, 0.1) is 0 Å². The van der Waals surface area contributed by atoms with Crippen molar-refractivity contribution in [3.8, 4) is 0 Å². The smallest absolute Gasteiger partial charge is 0.218 e. The fourth-order valence-electron chi connectivity index (χ4n) is 0.816. The second-order valence-electron chi connectivity index (χ2n) is 2.74. The Balaban J connectivity index is 3.37. The molecule has 12 heavy (non-hydrogen) atoms. The molecule has 5 heteroatoms. The van der Waals surface area contributed by atoms with Crippen molar-refractivity contribution in [1.29, 1.82) is 0 Å². The van der Waals surface area contributed by atoms with Crippen molar-refractivity contribution >= 4 is 11.8 Å². The molecule has 1 unspecified atom stereocenters. The normalized spacial score (nSPS) is 12.4. The largest absolute Gasteiger partial charge is 0.370 e. The number of hydrogen-bond donors (Lipinski definition) is 3. The predicted octanol–water partition coefficient (Wildman–Crippen LogP) is -1.28. The molecule has 0 aliphatic carbocycles. The maximum absolute atomic E-state index is 10.4. The number of nitrogens with two attached hydrogens (primary N) is 2. The lowest BCUT2D eigenvalue weighted by molar-refractivity contribution is -0.118. The highest BCUT2D eigenvalue weighted by atomic mass is 16.1. The molecule has 70 valence electrons. The Hall–Kier alpha value is -1.10. The van der Waals surface area contributed by atoms with Crippen molar-refractivity contribution < 1.29 is 9.59 Å². The van der Waals surface area contributed by atoms with Crippen LogP contribution in [0.2, 0.25) is 0 Å². The molecule has 0 spiro atoms. The molecule has 0 aromatic carbocycles. The summed E-state index contributed by atoms with van der Waals surface area (Å²) in [7, 11) is 0. The Kier molecular flexibility index (Phi) is 5.03. The zero-order chi connectivity index (χ0) is 9.56. The van der Waals surface area contributed by atoms with Crippen LogP contribution in [0.25, 0.3) is 0 Å². The average Bonchev–Trinajstić information content (AvgIpc) is 1.84. The van der Waals surface area contributed by atoms with Crippen molar-refractivity contribution in [2.45, 2.75) is 25.8 Å². The number of hydrogen-bond acceptors (Lipinski definition) is 3. The lowest BCUT2D eigenvalue weighted by Crippen LogP contribution is -2.33. The molecule has 0 aromatic rings. The van der Waals surface area contributed by atoms with E-state index < -0.39 is 0 Å². The van der Waals surface area contributed by atoms with Crippen LogP contribution < -0.4 is 16.8 Å². The van der Waals surface area contributed by atoms with Crippen LogP contribution >= 0.6 is 0 Å². The van der Waals surface area contributed by atoms with Crippen LogP contribution in [0.1, 0.15) is 19.8 Å². The number of carbonyl (C=O) groups excluding carboxylic acids is 2. The summed E-state index contributed by atoms with van der Waals surface area (Å²) in [6, 6.07) is 0.00171. The van der Waals surface area contributed by atoms with Crippen molar-refractivity contribution in [3.63, 3.8) is 0 Å². The first-order chi connectivity index (χ1) is 5.52. The van der Waals surface area contributed by atoms with E-state index >= 15 is 0 Å². The zero-order valence-corrected chi connectivity index (χ0v) is 7.17. The monoisotopic (exact) mass is 173 g/mol. The second-order valence-corrected chi connectivity index (χ2v) is 2.74. The summed E-state index contributed by atoms with van der Waals surface area (Å²) in [5.41, 5.74) is 9.86. The topological polar surface area (TPSA) is 98.2 Å². The van der Waals surface area contributed by atoms with Gasteiger partial charge in [0.25, 0.3) is 0 Å². The van der Waals surface area contributed by atoms with Crippen molar-refractivity contribution in [1.82, 2.24) is 5.32 Å². The number of primary amides is 2. The SMILES string of the molecule is CC(CC(N)=O)NCCC(N)=O. The fourth-order valence-corrected chi connectivity index (χ4v) is 0.816. The molecule has 2 amide bonds. The standard InChI is InChI=1S/C7H15N3O2/c1-5(4-7(9)12)10-3-2-6(8)11/h5,10H,2-4H2,1H3,(H2,8,11)(H2,9,12). The summed E-state index contributed by atoms with van der Waals surface area (Å²) in [5, 5.41) is 2.94. The summed E-state index contributed by atoms with van der Waals surface area (Å²) in [5.74, 6) is -0.706. The highest BCUT2D eigenvalue weighted by Gasteiger charge is 2.04. The number of rotatable bonds is 6. The van der Waals surface area contributed by atoms with E-state index in [-0.39, 0.29) is 30.7 Å². The van der Waals surface area contributed by atoms with Gasteiger partial charge in [-0.1, -0.05) is 0 Å². The van der Waals surface area contributed by atoms with Gasteiger partial charge < -0.3 is 16.8 Å². The Morgan fingerprint density at radius 3 is 2.33 bits per heavy atom. The summed E-state index contributed by atoms with van der Waals surface area (Å²) in [4.78, 5) is 20.7. The Morgan fingerprint density at radius 2 is 1.92 bits per heavy atom. The predicted molar refractivity (Wildman–Crippen MR) is 45.1 cm³/mol. The molecule has 0 radical (unpaired) electrons. The molecular weight excluding hydrogens is 158 g/mol. The zero-order valence-electron chi connectivity index (χ0n) is 7.17.